The maximum absolute atomic E-state index is 3.61. The molecule has 3 heteroatoms. The minimum absolute atomic E-state index is 1.09. The Bertz CT molecular complexity index is 57.2. The van der Waals surface area contributed by atoms with Gasteiger partial charge in [-0.05, 0) is 27.2 Å². The lowest BCUT2D eigenvalue weighted by Crippen LogP contribution is -2.36. The predicted octanol–water partition coefficient (Wildman–Crippen LogP) is 1.64. The van der Waals surface area contributed by atoms with Crippen molar-refractivity contribution in [1.82, 2.24) is 4.57 Å². The second kappa shape index (κ2) is 2.28. The van der Waals surface area contributed by atoms with E-state index in [0.29, 0.717) is 0 Å². The second-order valence-electron chi connectivity index (χ2n) is 2.30. The molecule has 0 bridgehead atoms. The van der Waals surface area contributed by atoms with Gasteiger partial charge < -0.3 is 4.57 Å². The molecule has 0 fully saturated rings. The van der Waals surface area contributed by atoms with Crippen LogP contribution in [-0.2, 0) is 0 Å². The SMILES string of the molecule is CN(C)[Si](C)(C)Br. The van der Waals surface area contributed by atoms with E-state index in [4.69, 9.17) is 0 Å². The van der Waals surface area contributed by atoms with E-state index in [1.807, 2.05) is 0 Å². The third-order valence-corrected chi connectivity index (χ3v) is 5.32. The van der Waals surface area contributed by atoms with Gasteiger partial charge in [-0.3, -0.25) is 0 Å². The number of hydrogen-bond acceptors (Lipinski definition) is 1. The molecule has 0 heterocycles. The van der Waals surface area contributed by atoms with Crippen LogP contribution in [0.5, 0.6) is 0 Å². The molecule has 7 heavy (non-hydrogen) atoms. The van der Waals surface area contributed by atoms with Gasteiger partial charge in [-0.15, -0.1) is 15.3 Å². The molecule has 0 aliphatic carbocycles. The Morgan fingerprint density at radius 2 is 1.43 bits per heavy atom. The fourth-order valence-electron chi connectivity index (χ4n) is 0. The maximum atomic E-state index is 3.61. The van der Waals surface area contributed by atoms with Crippen LogP contribution in [-0.4, -0.2) is 25.5 Å². The first-order chi connectivity index (χ1) is 2.94. The summed E-state index contributed by atoms with van der Waals surface area (Å²) in [5.41, 5.74) is 0. The highest BCUT2D eigenvalue weighted by molar-refractivity contribution is 9.25. The molecule has 0 N–H and O–H groups in total. The number of halogens is 1. The molecule has 0 saturated carbocycles. The van der Waals surface area contributed by atoms with Crippen molar-refractivity contribution >= 4 is 22.1 Å². The maximum Gasteiger partial charge on any atom is 0.195 e. The normalized spacial score (nSPS) is 12.9. The van der Waals surface area contributed by atoms with Crippen molar-refractivity contribution in [1.29, 1.82) is 0 Å². The fraction of sp³-hybridized carbons (Fsp3) is 1.00. The lowest BCUT2D eigenvalue weighted by Gasteiger charge is -2.21. The van der Waals surface area contributed by atoms with Crippen molar-refractivity contribution in [3.63, 3.8) is 0 Å². The molecule has 0 aromatic rings. The van der Waals surface area contributed by atoms with E-state index in [9.17, 15) is 0 Å². The first kappa shape index (κ1) is 7.66. The minimum Gasteiger partial charge on any atom is -0.321 e. The fourth-order valence-corrected chi connectivity index (χ4v) is 0. The van der Waals surface area contributed by atoms with Gasteiger partial charge >= 0.3 is 0 Å². The van der Waals surface area contributed by atoms with Crippen LogP contribution in [0.25, 0.3) is 0 Å². The van der Waals surface area contributed by atoms with Crippen LogP contribution in [0.3, 0.4) is 0 Å². The molecule has 0 saturated heterocycles. The van der Waals surface area contributed by atoms with Gasteiger partial charge in [-0.1, -0.05) is 0 Å². The highest BCUT2D eigenvalue weighted by Gasteiger charge is 2.17. The Hall–Kier alpha value is 0.657. The smallest absolute Gasteiger partial charge is 0.195 e. The molecule has 0 unspecified atom stereocenters. The average molecular weight is 182 g/mol. The molecular formula is C4H12BrNSi. The Morgan fingerprint density at radius 1 is 1.29 bits per heavy atom. The lowest BCUT2D eigenvalue weighted by atomic mass is 11.3. The van der Waals surface area contributed by atoms with Gasteiger partial charge in [0.25, 0.3) is 0 Å². The monoisotopic (exact) mass is 181 g/mol. The molecule has 0 aliphatic rings. The van der Waals surface area contributed by atoms with E-state index in [0.717, 1.165) is 0 Å². The topological polar surface area (TPSA) is 3.24 Å². The third kappa shape index (κ3) is 3.26. The van der Waals surface area contributed by atoms with Crippen LogP contribution >= 0.6 is 15.3 Å². The van der Waals surface area contributed by atoms with Crippen molar-refractivity contribution < 1.29 is 0 Å². The number of nitrogens with zero attached hydrogens (tertiary/aromatic N) is 1. The summed E-state index contributed by atoms with van der Waals surface area (Å²) in [5.74, 6) is 0. The van der Waals surface area contributed by atoms with E-state index < -0.39 is 6.85 Å². The molecule has 1 nitrogen and oxygen atoms in total. The van der Waals surface area contributed by atoms with Gasteiger partial charge in [0.15, 0.2) is 6.85 Å². The van der Waals surface area contributed by atoms with E-state index in [2.05, 4.69) is 47.0 Å². The van der Waals surface area contributed by atoms with Crippen molar-refractivity contribution in [2.45, 2.75) is 13.1 Å². The van der Waals surface area contributed by atoms with E-state index >= 15 is 0 Å². The summed E-state index contributed by atoms with van der Waals surface area (Å²) in [6.07, 6.45) is 0. The highest BCUT2D eigenvalue weighted by atomic mass is 79.9. The highest BCUT2D eigenvalue weighted by Crippen LogP contribution is 2.11. The van der Waals surface area contributed by atoms with Crippen LogP contribution in [0, 0.1) is 0 Å². The van der Waals surface area contributed by atoms with Gasteiger partial charge in [0.05, 0.1) is 0 Å². The second-order valence-corrected chi connectivity index (χ2v) is 11.8. The number of rotatable bonds is 1. The Morgan fingerprint density at radius 3 is 1.43 bits per heavy atom. The van der Waals surface area contributed by atoms with Crippen molar-refractivity contribution in [2.75, 3.05) is 14.1 Å². The Labute approximate surface area is 54.4 Å². The molecule has 0 spiro atoms. The predicted molar refractivity (Wildman–Crippen MR) is 40.1 cm³/mol. The van der Waals surface area contributed by atoms with Gasteiger partial charge in [-0.2, -0.15) is 0 Å². The Balaban J connectivity index is 3.54. The summed E-state index contributed by atoms with van der Waals surface area (Å²) in [5, 5.41) is 0. The van der Waals surface area contributed by atoms with E-state index in [1.54, 1.807) is 0 Å². The molecule has 0 aromatic heterocycles. The summed E-state index contributed by atoms with van der Waals surface area (Å²) in [6.45, 7) is 3.40. The summed E-state index contributed by atoms with van der Waals surface area (Å²) >= 11 is 3.61. The minimum atomic E-state index is -1.09. The van der Waals surface area contributed by atoms with Gasteiger partial charge in [-0.25, -0.2) is 0 Å². The van der Waals surface area contributed by atoms with Crippen molar-refractivity contribution in [3.8, 4) is 0 Å². The molecule has 0 atom stereocenters. The number of hydrogen-bond donors (Lipinski definition) is 0. The zero-order valence-corrected chi connectivity index (χ0v) is 7.91. The molecule has 0 aromatic carbocycles. The van der Waals surface area contributed by atoms with Crippen LogP contribution in [0.4, 0.5) is 0 Å². The third-order valence-electron chi connectivity index (χ3n) is 1.06. The first-order valence-corrected chi connectivity index (χ1v) is 7.51. The Kier molecular flexibility index (Phi) is 2.50. The first-order valence-electron chi connectivity index (χ1n) is 2.31. The standard InChI is InChI=1S/C4H12BrNSi/c1-6(2)7(3,4)5/h1-4H3. The zero-order chi connectivity index (χ0) is 6.08. The molecule has 0 rings (SSSR count). The zero-order valence-electron chi connectivity index (χ0n) is 5.33. The van der Waals surface area contributed by atoms with Crippen LogP contribution < -0.4 is 0 Å². The van der Waals surface area contributed by atoms with Crippen molar-refractivity contribution in [3.05, 3.63) is 0 Å². The summed E-state index contributed by atoms with van der Waals surface area (Å²) < 4.78 is 2.24. The molecule has 0 radical (unpaired) electrons. The molecular weight excluding hydrogens is 170 g/mol. The van der Waals surface area contributed by atoms with Crippen molar-refractivity contribution in [2.24, 2.45) is 0 Å². The molecule has 0 amide bonds. The van der Waals surface area contributed by atoms with Crippen LogP contribution in [0.2, 0.25) is 13.1 Å². The summed E-state index contributed by atoms with van der Waals surface area (Å²) in [4.78, 5) is 0. The summed E-state index contributed by atoms with van der Waals surface area (Å²) in [6, 6.07) is 0. The average Bonchev–Trinajstić information content (AvgIpc) is 1.31. The van der Waals surface area contributed by atoms with Crippen LogP contribution in [0.15, 0.2) is 0 Å². The van der Waals surface area contributed by atoms with Gasteiger partial charge in [0, 0.05) is 0 Å². The summed E-state index contributed by atoms with van der Waals surface area (Å²) in [7, 11) is 4.20. The molecule has 44 valence electrons. The molecule has 0 aliphatic heterocycles. The van der Waals surface area contributed by atoms with Gasteiger partial charge in [0.1, 0.15) is 0 Å². The van der Waals surface area contributed by atoms with E-state index in [1.165, 1.54) is 0 Å². The largest absolute Gasteiger partial charge is 0.321 e. The van der Waals surface area contributed by atoms with E-state index in [-0.39, 0.29) is 0 Å². The quantitative estimate of drug-likeness (QED) is 0.440. The van der Waals surface area contributed by atoms with Crippen LogP contribution in [0.1, 0.15) is 0 Å². The van der Waals surface area contributed by atoms with Gasteiger partial charge in [0.2, 0.25) is 0 Å². The lowest BCUT2D eigenvalue weighted by molar-refractivity contribution is 0.643.